The molecule has 0 aliphatic carbocycles. The van der Waals surface area contributed by atoms with Crippen LogP contribution in [0.4, 0.5) is 0 Å². The van der Waals surface area contributed by atoms with Crippen molar-refractivity contribution in [2.75, 3.05) is 13.3 Å². The van der Waals surface area contributed by atoms with Crippen LogP contribution >= 0.6 is 11.6 Å². The highest BCUT2D eigenvalue weighted by Gasteiger charge is 2.25. The summed E-state index contributed by atoms with van der Waals surface area (Å²) in [5, 5.41) is 4.40. The largest absolute Gasteiger partial charge is 1.00 e. The quantitative estimate of drug-likeness (QED) is 0.694. The lowest BCUT2D eigenvalue weighted by atomic mass is 9.89. The second kappa shape index (κ2) is 8.00. The van der Waals surface area contributed by atoms with Crippen molar-refractivity contribution < 1.29 is 26.9 Å². The maximum Gasteiger partial charge on any atom is 0.231 e. The van der Waals surface area contributed by atoms with Crippen LogP contribution in [0.3, 0.4) is 0 Å². The number of aromatic amines is 1. The summed E-state index contributed by atoms with van der Waals surface area (Å²) < 4.78 is 11.1. The zero-order valence-electron chi connectivity index (χ0n) is 15.2. The number of ether oxygens (including phenoxy) is 2. The van der Waals surface area contributed by atoms with E-state index in [4.69, 9.17) is 21.1 Å². The summed E-state index contributed by atoms with van der Waals surface area (Å²) in [7, 11) is 0. The molecule has 5 rings (SSSR count). The van der Waals surface area contributed by atoms with Crippen molar-refractivity contribution in [1.29, 1.82) is 0 Å². The Kier molecular flexibility index (Phi) is 5.44. The Balaban J connectivity index is 0.00000192. The standard InChI is InChI=1S/C22H19ClN2O2.ClH/c23-19-6-7-24-12-18(19)15-3-1-14(2-4-15)9-20-17-11-22-21(26-13-27-22)10-16(17)5-8-25-20;/h1-4,6-7,10-12,20,25H,5,8-9,13H2;1H. The molecule has 0 saturated carbocycles. The summed E-state index contributed by atoms with van der Waals surface area (Å²) in [6.45, 7) is 1.29. The fourth-order valence-electron chi connectivity index (χ4n) is 3.90. The van der Waals surface area contributed by atoms with Gasteiger partial charge in [-0.25, -0.2) is 4.98 Å². The van der Waals surface area contributed by atoms with E-state index in [1.807, 2.05) is 18.5 Å². The van der Waals surface area contributed by atoms with E-state index in [2.05, 4.69) is 46.7 Å². The normalized spacial score (nSPS) is 17.0. The third kappa shape index (κ3) is 3.55. The first-order valence-corrected chi connectivity index (χ1v) is 9.56. The predicted molar refractivity (Wildman–Crippen MR) is 104 cm³/mol. The van der Waals surface area contributed by atoms with Gasteiger partial charge in [-0.2, -0.15) is 0 Å². The third-order valence-corrected chi connectivity index (χ3v) is 5.64. The average molecular weight is 415 g/mol. The van der Waals surface area contributed by atoms with Gasteiger partial charge in [-0.05, 0) is 53.8 Å². The minimum atomic E-state index is 0. The van der Waals surface area contributed by atoms with Crippen LogP contribution in [0.2, 0.25) is 5.02 Å². The van der Waals surface area contributed by atoms with Gasteiger partial charge in [0.1, 0.15) is 0 Å². The highest BCUT2D eigenvalue weighted by Crippen LogP contribution is 2.39. The van der Waals surface area contributed by atoms with Gasteiger partial charge in [0.25, 0.3) is 0 Å². The van der Waals surface area contributed by atoms with Gasteiger partial charge in [0, 0.05) is 12.1 Å². The minimum absolute atomic E-state index is 0. The molecule has 3 aromatic rings. The molecule has 2 aromatic carbocycles. The van der Waals surface area contributed by atoms with Gasteiger partial charge in [-0.15, -0.1) is 0 Å². The van der Waals surface area contributed by atoms with Gasteiger partial charge >= 0.3 is 0 Å². The number of nitrogens with one attached hydrogen (secondary N) is 2. The molecule has 4 nitrogen and oxygen atoms in total. The van der Waals surface area contributed by atoms with Crippen molar-refractivity contribution in [2.45, 2.75) is 18.9 Å². The molecule has 3 heterocycles. The monoisotopic (exact) mass is 414 g/mol. The number of benzene rings is 2. The number of halogens is 2. The second-order valence-corrected chi connectivity index (χ2v) is 7.38. The molecule has 0 spiro atoms. The summed E-state index contributed by atoms with van der Waals surface area (Å²) in [6, 6.07) is 15.1. The molecule has 6 heteroatoms. The molecule has 2 N–H and O–H groups in total. The number of hydrogen-bond donors (Lipinski definition) is 1. The molecule has 28 heavy (non-hydrogen) atoms. The van der Waals surface area contributed by atoms with Crippen LogP contribution in [-0.2, 0) is 12.8 Å². The van der Waals surface area contributed by atoms with E-state index in [0.717, 1.165) is 47.0 Å². The summed E-state index contributed by atoms with van der Waals surface area (Å²) in [6.07, 6.45) is 5.71. The van der Waals surface area contributed by atoms with Gasteiger partial charge in [-0.1, -0.05) is 35.9 Å². The molecule has 1 aromatic heterocycles. The molecule has 2 aliphatic rings. The topological polar surface area (TPSA) is 44.6 Å². The number of pyridine rings is 1. The highest BCUT2D eigenvalue weighted by molar-refractivity contribution is 6.33. The van der Waals surface area contributed by atoms with Crippen molar-refractivity contribution >= 4 is 11.6 Å². The molecule has 0 radical (unpaired) electrons. The Morgan fingerprint density at radius 3 is 2.64 bits per heavy atom. The van der Waals surface area contributed by atoms with Crippen LogP contribution in [0.5, 0.6) is 11.5 Å². The van der Waals surface area contributed by atoms with Crippen molar-refractivity contribution in [2.24, 2.45) is 0 Å². The van der Waals surface area contributed by atoms with Gasteiger partial charge < -0.3 is 27.2 Å². The first kappa shape index (κ1) is 19.1. The molecule has 1 unspecified atom stereocenters. The molecule has 1 atom stereocenters. The number of hydrogen-bond acceptors (Lipinski definition) is 3. The van der Waals surface area contributed by atoms with Crippen molar-refractivity contribution in [3.05, 3.63) is 76.6 Å². The Morgan fingerprint density at radius 2 is 1.86 bits per heavy atom. The van der Waals surface area contributed by atoms with Gasteiger partial charge in [-0.3, -0.25) is 0 Å². The van der Waals surface area contributed by atoms with Gasteiger partial charge in [0.05, 0.1) is 10.6 Å². The first-order chi connectivity index (χ1) is 13.3. The molecule has 0 amide bonds. The number of H-pyrrole nitrogens is 1. The lowest BCUT2D eigenvalue weighted by Crippen LogP contribution is -3.00. The Bertz CT molecular complexity index is 992. The van der Waals surface area contributed by atoms with Crippen molar-refractivity contribution in [3.8, 4) is 22.6 Å². The summed E-state index contributed by atoms with van der Waals surface area (Å²) in [5.41, 5.74) is 6.08. The maximum absolute atomic E-state index is 6.30. The van der Waals surface area contributed by atoms with Crippen molar-refractivity contribution in [3.63, 3.8) is 0 Å². The average Bonchev–Trinajstić information content (AvgIpc) is 3.15. The van der Waals surface area contributed by atoms with Gasteiger partial charge in [0.2, 0.25) is 6.79 Å². The lowest BCUT2D eigenvalue weighted by molar-refractivity contribution is -0.377. The molecule has 0 saturated heterocycles. The Morgan fingerprint density at radius 1 is 1.07 bits per heavy atom. The molecule has 0 bridgehead atoms. The number of rotatable bonds is 3. The SMILES string of the molecule is Clc1cc[nH+]cc1-c1ccc(CC2NCCc3cc4c(cc32)OCO4)cc1.[Cl-]. The molecule has 2 aliphatic heterocycles. The summed E-state index contributed by atoms with van der Waals surface area (Å²) in [4.78, 5) is 3.10. The first-order valence-electron chi connectivity index (χ1n) is 9.18. The molecular weight excluding hydrogens is 395 g/mol. The zero-order chi connectivity index (χ0) is 18.2. The van der Waals surface area contributed by atoms with Crippen LogP contribution in [0.1, 0.15) is 22.7 Å². The van der Waals surface area contributed by atoms with Gasteiger partial charge in [0.15, 0.2) is 23.9 Å². The smallest absolute Gasteiger partial charge is 0.231 e. The molecule has 0 fully saturated rings. The Labute approximate surface area is 175 Å². The molecule has 144 valence electrons. The second-order valence-electron chi connectivity index (χ2n) is 6.97. The lowest BCUT2D eigenvalue weighted by Gasteiger charge is -2.27. The summed E-state index contributed by atoms with van der Waals surface area (Å²) in [5.74, 6) is 1.73. The van der Waals surface area contributed by atoms with E-state index < -0.39 is 0 Å². The van der Waals surface area contributed by atoms with E-state index in [9.17, 15) is 0 Å². The van der Waals surface area contributed by atoms with E-state index in [1.165, 1.54) is 16.7 Å². The third-order valence-electron chi connectivity index (χ3n) is 5.31. The maximum atomic E-state index is 6.30. The fourth-order valence-corrected chi connectivity index (χ4v) is 4.13. The number of aromatic nitrogens is 1. The highest BCUT2D eigenvalue weighted by atomic mass is 35.5. The van der Waals surface area contributed by atoms with E-state index in [1.54, 1.807) is 0 Å². The zero-order valence-corrected chi connectivity index (χ0v) is 16.7. The van der Waals surface area contributed by atoms with Crippen LogP contribution in [0.15, 0.2) is 54.9 Å². The molecular formula is C22H20Cl2N2O2. The van der Waals surface area contributed by atoms with Crippen LogP contribution in [0, 0.1) is 0 Å². The summed E-state index contributed by atoms with van der Waals surface area (Å²) >= 11 is 6.30. The van der Waals surface area contributed by atoms with E-state index >= 15 is 0 Å². The van der Waals surface area contributed by atoms with Crippen LogP contribution < -0.4 is 32.2 Å². The Hall–Kier alpha value is -2.27. The van der Waals surface area contributed by atoms with Crippen LogP contribution in [-0.4, -0.2) is 13.3 Å². The minimum Gasteiger partial charge on any atom is -1.00 e. The van der Waals surface area contributed by atoms with Crippen molar-refractivity contribution in [1.82, 2.24) is 5.32 Å². The van der Waals surface area contributed by atoms with E-state index in [0.29, 0.717) is 6.79 Å². The predicted octanol–water partition coefficient (Wildman–Crippen LogP) is 0.983. The fraction of sp³-hybridized carbons (Fsp3) is 0.227. The number of fused-ring (bicyclic) bond motifs is 2. The van der Waals surface area contributed by atoms with E-state index in [-0.39, 0.29) is 18.4 Å². The van der Waals surface area contributed by atoms with Crippen LogP contribution in [0.25, 0.3) is 11.1 Å².